The third-order valence-corrected chi connectivity index (χ3v) is 4.85. The largest absolute Gasteiger partial charge is 0.377 e. The van der Waals surface area contributed by atoms with Crippen molar-refractivity contribution in [3.8, 4) is 0 Å². The number of sulfonamides is 2. The van der Waals surface area contributed by atoms with Crippen LogP contribution in [0.15, 0.2) is 24.3 Å². The second-order valence-corrected chi connectivity index (χ2v) is 8.45. The Balaban J connectivity index is 2.14. The van der Waals surface area contributed by atoms with Gasteiger partial charge < -0.3 is 4.74 Å². The van der Waals surface area contributed by atoms with Crippen molar-refractivity contribution in [1.29, 1.82) is 0 Å². The summed E-state index contributed by atoms with van der Waals surface area (Å²) in [6.45, 7) is 0.576. The van der Waals surface area contributed by atoms with E-state index in [1.54, 1.807) is 12.1 Å². The van der Waals surface area contributed by atoms with Crippen LogP contribution in [0.3, 0.4) is 0 Å². The monoisotopic (exact) mass is 334 g/mol. The molecule has 9 heteroatoms. The maximum Gasteiger partial charge on any atom is 0.235 e. The Morgan fingerprint density at radius 3 is 2.29 bits per heavy atom. The summed E-state index contributed by atoms with van der Waals surface area (Å²) in [5.41, 5.74) is 0.386. The van der Waals surface area contributed by atoms with Crippen molar-refractivity contribution < 1.29 is 21.6 Å². The summed E-state index contributed by atoms with van der Waals surface area (Å²) in [5, 5.41) is 0. The SMILES string of the molecule is CS(=O)(=O)Nc1ccccc1NS(=O)(=O)CC1CCCO1. The fraction of sp³-hybridized carbons (Fsp3) is 0.500. The first-order valence-electron chi connectivity index (χ1n) is 6.44. The quantitative estimate of drug-likeness (QED) is 0.807. The summed E-state index contributed by atoms with van der Waals surface area (Å²) >= 11 is 0. The van der Waals surface area contributed by atoms with Gasteiger partial charge in [0.25, 0.3) is 0 Å². The Kier molecular flexibility index (Phi) is 4.74. The van der Waals surface area contributed by atoms with Crippen LogP contribution in [0.5, 0.6) is 0 Å². The molecule has 0 spiro atoms. The maximum absolute atomic E-state index is 12.1. The van der Waals surface area contributed by atoms with Crippen molar-refractivity contribution in [2.24, 2.45) is 0 Å². The smallest absolute Gasteiger partial charge is 0.235 e. The van der Waals surface area contributed by atoms with Crippen LogP contribution in [0, 0.1) is 0 Å². The lowest BCUT2D eigenvalue weighted by molar-refractivity contribution is 0.127. The molecule has 7 nitrogen and oxygen atoms in total. The van der Waals surface area contributed by atoms with Gasteiger partial charge in [-0.15, -0.1) is 0 Å². The Morgan fingerprint density at radius 1 is 1.14 bits per heavy atom. The van der Waals surface area contributed by atoms with E-state index in [-0.39, 0.29) is 23.2 Å². The van der Waals surface area contributed by atoms with E-state index in [9.17, 15) is 16.8 Å². The molecule has 1 aromatic carbocycles. The second kappa shape index (κ2) is 6.20. The average molecular weight is 334 g/mol. The molecule has 1 fully saturated rings. The van der Waals surface area contributed by atoms with Gasteiger partial charge in [-0.3, -0.25) is 9.44 Å². The molecule has 0 aromatic heterocycles. The van der Waals surface area contributed by atoms with Gasteiger partial charge in [-0.1, -0.05) is 12.1 Å². The van der Waals surface area contributed by atoms with Crippen LogP contribution < -0.4 is 9.44 Å². The minimum atomic E-state index is -3.61. The highest BCUT2D eigenvalue weighted by molar-refractivity contribution is 7.93. The van der Waals surface area contributed by atoms with Crippen LogP contribution in [0.1, 0.15) is 12.8 Å². The van der Waals surface area contributed by atoms with Crippen LogP contribution in [-0.2, 0) is 24.8 Å². The van der Waals surface area contributed by atoms with E-state index in [0.717, 1.165) is 12.7 Å². The summed E-state index contributed by atoms with van der Waals surface area (Å²) < 4.78 is 56.8. The minimum Gasteiger partial charge on any atom is -0.377 e. The number of hydrogen-bond acceptors (Lipinski definition) is 5. The van der Waals surface area contributed by atoms with Crippen LogP contribution in [0.4, 0.5) is 11.4 Å². The van der Waals surface area contributed by atoms with Gasteiger partial charge in [0.15, 0.2) is 0 Å². The summed E-state index contributed by atoms with van der Waals surface area (Å²) in [6, 6.07) is 6.23. The van der Waals surface area contributed by atoms with Crippen LogP contribution in [0.25, 0.3) is 0 Å². The first kappa shape index (κ1) is 16.1. The van der Waals surface area contributed by atoms with Crippen molar-refractivity contribution in [3.05, 3.63) is 24.3 Å². The number of para-hydroxylation sites is 2. The highest BCUT2D eigenvalue weighted by Crippen LogP contribution is 2.24. The zero-order valence-electron chi connectivity index (χ0n) is 11.6. The number of anilines is 2. The van der Waals surface area contributed by atoms with Gasteiger partial charge in [0.1, 0.15) is 0 Å². The van der Waals surface area contributed by atoms with Crippen molar-refractivity contribution in [1.82, 2.24) is 0 Å². The van der Waals surface area contributed by atoms with E-state index in [4.69, 9.17) is 4.74 Å². The first-order valence-corrected chi connectivity index (χ1v) is 9.98. The van der Waals surface area contributed by atoms with Crippen LogP contribution in [-0.4, -0.2) is 41.6 Å². The zero-order chi connectivity index (χ0) is 15.5. The molecule has 21 heavy (non-hydrogen) atoms. The average Bonchev–Trinajstić information content (AvgIpc) is 2.81. The van der Waals surface area contributed by atoms with Gasteiger partial charge in [-0.05, 0) is 25.0 Å². The van der Waals surface area contributed by atoms with Crippen molar-refractivity contribution in [2.45, 2.75) is 18.9 Å². The Hall–Kier alpha value is -1.32. The van der Waals surface area contributed by atoms with Crippen LogP contribution >= 0.6 is 0 Å². The highest BCUT2D eigenvalue weighted by atomic mass is 32.2. The molecule has 1 saturated heterocycles. The fourth-order valence-corrected chi connectivity index (χ4v) is 4.02. The molecule has 118 valence electrons. The molecule has 1 heterocycles. The molecule has 0 aliphatic carbocycles. The second-order valence-electron chi connectivity index (χ2n) is 4.94. The van der Waals surface area contributed by atoms with Gasteiger partial charge in [0.2, 0.25) is 20.0 Å². The first-order chi connectivity index (χ1) is 9.75. The van der Waals surface area contributed by atoms with Gasteiger partial charge >= 0.3 is 0 Å². The molecule has 0 saturated carbocycles. The van der Waals surface area contributed by atoms with Crippen molar-refractivity contribution >= 4 is 31.4 Å². The van der Waals surface area contributed by atoms with E-state index in [0.29, 0.717) is 13.0 Å². The third-order valence-electron chi connectivity index (χ3n) is 2.92. The van der Waals surface area contributed by atoms with E-state index in [2.05, 4.69) is 9.44 Å². The third kappa shape index (κ3) is 5.18. The van der Waals surface area contributed by atoms with E-state index < -0.39 is 20.0 Å². The molecule has 2 N–H and O–H groups in total. The standard InChI is InChI=1S/C12H18N2O5S2/c1-20(15,16)13-11-6-2-3-7-12(11)14-21(17,18)9-10-5-4-8-19-10/h2-3,6-7,10,13-14H,4-5,8-9H2,1H3. The van der Waals surface area contributed by atoms with Gasteiger partial charge in [-0.2, -0.15) is 0 Å². The topological polar surface area (TPSA) is 102 Å². The van der Waals surface area contributed by atoms with E-state index in [1.807, 2.05) is 0 Å². The van der Waals surface area contributed by atoms with Crippen molar-refractivity contribution in [2.75, 3.05) is 28.1 Å². The molecule has 1 aliphatic rings. The Labute approximate surface area is 124 Å². The summed E-state index contributed by atoms with van der Waals surface area (Å²) in [5.74, 6) is -0.139. The fourth-order valence-electron chi connectivity index (χ4n) is 2.09. The number of hydrogen-bond donors (Lipinski definition) is 2. The number of nitrogens with one attached hydrogen (secondary N) is 2. The minimum absolute atomic E-state index is 0.139. The molecule has 1 aromatic rings. The predicted octanol–water partition coefficient (Wildman–Crippen LogP) is 0.979. The molecule has 1 aliphatic heterocycles. The molecule has 1 unspecified atom stereocenters. The van der Waals surface area contributed by atoms with Gasteiger partial charge in [0.05, 0.1) is 29.5 Å². The molecular formula is C12H18N2O5S2. The normalized spacial score (nSPS) is 19.4. The number of rotatable bonds is 6. The van der Waals surface area contributed by atoms with Gasteiger partial charge in [0, 0.05) is 6.61 Å². The predicted molar refractivity (Wildman–Crippen MR) is 81.3 cm³/mol. The molecule has 1 atom stereocenters. The Bertz CT molecular complexity index is 694. The van der Waals surface area contributed by atoms with Crippen molar-refractivity contribution in [3.63, 3.8) is 0 Å². The molecular weight excluding hydrogens is 316 g/mol. The van der Waals surface area contributed by atoms with E-state index in [1.165, 1.54) is 12.1 Å². The lowest BCUT2D eigenvalue weighted by Gasteiger charge is -2.15. The lowest BCUT2D eigenvalue weighted by atomic mass is 10.3. The maximum atomic E-state index is 12.1. The molecule has 0 amide bonds. The highest BCUT2D eigenvalue weighted by Gasteiger charge is 2.24. The molecule has 0 bridgehead atoms. The zero-order valence-corrected chi connectivity index (χ0v) is 13.2. The van der Waals surface area contributed by atoms with Gasteiger partial charge in [-0.25, -0.2) is 16.8 Å². The summed E-state index contributed by atoms with van der Waals surface area (Å²) in [4.78, 5) is 0. The Morgan fingerprint density at radius 2 is 1.76 bits per heavy atom. The lowest BCUT2D eigenvalue weighted by Crippen LogP contribution is -2.26. The van der Waals surface area contributed by atoms with E-state index >= 15 is 0 Å². The molecule has 2 rings (SSSR count). The number of ether oxygens (including phenoxy) is 1. The van der Waals surface area contributed by atoms with Crippen LogP contribution in [0.2, 0.25) is 0 Å². The summed E-state index contributed by atoms with van der Waals surface area (Å²) in [7, 11) is -7.09. The summed E-state index contributed by atoms with van der Waals surface area (Å²) in [6.07, 6.45) is 2.26. The number of benzene rings is 1. The molecule has 0 radical (unpaired) electrons.